The van der Waals surface area contributed by atoms with E-state index in [1.54, 1.807) is 6.26 Å². The number of nitrogens with zero attached hydrogens (tertiary/aromatic N) is 1. The fourth-order valence-electron chi connectivity index (χ4n) is 5.19. The summed E-state index contributed by atoms with van der Waals surface area (Å²) in [5.74, 6) is 0.885. The molecule has 0 radical (unpaired) electrons. The molecule has 1 aromatic rings. The number of hydrogen-bond donors (Lipinski definition) is 1. The SMILES string of the molecule is CC[C@H](N[S@@+]([O-])C(C)(C)C)[C@@H]1CCC=C(CC(C)(C)[S@+]([O-])N(Cc2ccccc2)[C@@H](CC)[C@@H]2CCC=CO2)O1. The lowest BCUT2D eigenvalue weighted by atomic mass is 9.99. The van der Waals surface area contributed by atoms with E-state index in [0.717, 1.165) is 49.8 Å². The second-order valence-corrected chi connectivity index (χ2v) is 16.3. The molecular formula is C31H50N2O4S2. The first-order valence-electron chi connectivity index (χ1n) is 14.5. The van der Waals surface area contributed by atoms with Crippen molar-refractivity contribution in [1.82, 2.24) is 9.03 Å². The molecule has 0 unspecified atom stereocenters. The molecule has 220 valence electrons. The normalized spacial score (nSPS) is 23.4. The van der Waals surface area contributed by atoms with Crippen molar-refractivity contribution in [1.29, 1.82) is 0 Å². The number of rotatable bonds is 13. The standard InChI is InChI=1S/C31H50N2O4S2/c1-8-26(32-38(34)30(3,4)5)28-20-15-18-25(37-28)22-31(6,7)39(35)33(23-24-16-11-10-12-17-24)27(9-2)29-19-13-14-21-36-29/h10-12,14,16-18,21,26-29,32H,8-9,13,15,19-20,22-23H2,1-7H3/t26-,27-,28-,29-,38-,39-/m0/s1. The highest BCUT2D eigenvalue weighted by Gasteiger charge is 2.45. The fourth-order valence-corrected chi connectivity index (χ4v) is 7.84. The summed E-state index contributed by atoms with van der Waals surface area (Å²) in [5.41, 5.74) is 1.14. The molecule has 6 atom stereocenters. The van der Waals surface area contributed by atoms with Gasteiger partial charge in [-0.2, -0.15) is 0 Å². The third-order valence-electron chi connectivity index (χ3n) is 7.48. The van der Waals surface area contributed by atoms with Gasteiger partial charge in [-0.1, -0.05) is 44.2 Å². The average Bonchev–Trinajstić information content (AvgIpc) is 2.91. The Morgan fingerprint density at radius 2 is 1.69 bits per heavy atom. The van der Waals surface area contributed by atoms with Crippen LogP contribution in [0.4, 0.5) is 0 Å². The molecule has 1 N–H and O–H groups in total. The Hall–Kier alpha value is -1.16. The lowest BCUT2D eigenvalue weighted by Crippen LogP contribution is -2.53. The fraction of sp³-hybridized carbons (Fsp3) is 0.677. The van der Waals surface area contributed by atoms with Crippen molar-refractivity contribution < 1.29 is 18.6 Å². The first-order chi connectivity index (χ1) is 18.5. The molecule has 0 aromatic heterocycles. The summed E-state index contributed by atoms with van der Waals surface area (Å²) in [4.78, 5) is 0. The quantitative estimate of drug-likeness (QED) is 0.263. The van der Waals surface area contributed by atoms with Gasteiger partial charge in [-0.05, 0) is 90.9 Å². The minimum absolute atomic E-state index is 0.00192. The first-order valence-corrected chi connectivity index (χ1v) is 16.8. The van der Waals surface area contributed by atoms with Crippen molar-refractivity contribution in [2.75, 3.05) is 0 Å². The van der Waals surface area contributed by atoms with E-state index >= 15 is 0 Å². The van der Waals surface area contributed by atoms with Crippen LogP contribution in [0.5, 0.6) is 0 Å². The van der Waals surface area contributed by atoms with Gasteiger partial charge in [-0.25, -0.2) is 0 Å². The summed E-state index contributed by atoms with van der Waals surface area (Å²) < 4.78 is 44.4. The van der Waals surface area contributed by atoms with Gasteiger partial charge in [0, 0.05) is 22.7 Å². The molecule has 8 heteroatoms. The zero-order chi connectivity index (χ0) is 28.6. The van der Waals surface area contributed by atoms with Crippen LogP contribution in [0.15, 0.2) is 54.5 Å². The zero-order valence-electron chi connectivity index (χ0n) is 25.0. The molecular weight excluding hydrogens is 528 g/mol. The molecule has 2 aliphatic heterocycles. The molecule has 1 aromatic carbocycles. The van der Waals surface area contributed by atoms with Gasteiger partial charge in [0.1, 0.15) is 21.7 Å². The average molecular weight is 579 g/mol. The molecule has 6 nitrogen and oxygen atoms in total. The van der Waals surface area contributed by atoms with Crippen LogP contribution in [-0.2, 0) is 38.7 Å². The van der Waals surface area contributed by atoms with Crippen molar-refractivity contribution in [2.24, 2.45) is 0 Å². The van der Waals surface area contributed by atoms with E-state index in [4.69, 9.17) is 9.47 Å². The molecule has 39 heavy (non-hydrogen) atoms. The van der Waals surface area contributed by atoms with Gasteiger partial charge in [-0.15, -0.1) is 9.03 Å². The summed E-state index contributed by atoms with van der Waals surface area (Å²) in [6, 6.07) is 10.3. The Bertz CT molecular complexity index is 934. The highest BCUT2D eigenvalue weighted by Crippen LogP contribution is 2.36. The largest absolute Gasteiger partial charge is 0.598 e. The van der Waals surface area contributed by atoms with Crippen LogP contribution in [0.25, 0.3) is 0 Å². The second-order valence-electron chi connectivity index (χ2n) is 12.3. The summed E-state index contributed by atoms with van der Waals surface area (Å²) in [7, 11) is 0. The maximum Gasteiger partial charge on any atom is 0.146 e. The van der Waals surface area contributed by atoms with Gasteiger partial charge in [0.25, 0.3) is 0 Å². The lowest BCUT2D eigenvalue weighted by Gasteiger charge is -2.42. The third-order valence-corrected chi connectivity index (χ3v) is 11.0. The number of benzene rings is 1. The first kappa shape index (κ1) is 32.4. The zero-order valence-corrected chi connectivity index (χ0v) is 26.6. The van der Waals surface area contributed by atoms with Gasteiger partial charge in [0.15, 0.2) is 0 Å². The number of hydrogen-bond acceptors (Lipinski definition) is 6. The molecule has 2 aliphatic rings. The van der Waals surface area contributed by atoms with E-state index < -0.39 is 27.5 Å². The summed E-state index contributed by atoms with van der Waals surface area (Å²) in [5, 5.41) is 0. The Labute approximate surface area is 243 Å². The molecule has 3 rings (SSSR count). The minimum Gasteiger partial charge on any atom is -0.598 e. The van der Waals surface area contributed by atoms with Crippen molar-refractivity contribution in [3.05, 3.63) is 60.1 Å². The van der Waals surface area contributed by atoms with E-state index in [0.29, 0.717) is 13.0 Å². The second kappa shape index (κ2) is 14.6. The predicted octanol–water partition coefficient (Wildman–Crippen LogP) is 6.69. The molecule has 0 aliphatic carbocycles. The lowest BCUT2D eigenvalue weighted by molar-refractivity contribution is 0.0498. The Morgan fingerprint density at radius 3 is 2.28 bits per heavy atom. The van der Waals surface area contributed by atoms with Crippen LogP contribution in [0.3, 0.4) is 0 Å². The summed E-state index contributed by atoms with van der Waals surface area (Å²) >= 11 is -2.47. The van der Waals surface area contributed by atoms with Crippen molar-refractivity contribution in [3.63, 3.8) is 0 Å². The Kier molecular flexibility index (Phi) is 12.2. The monoisotopic (exact) mass is 578 g/mol. The third kappa shape index (κ3) is 9.17. The highest BCUT2D eigenvalue weighted by atomic mass is 32.2. The topological polar surface area (TPSA) is 79.8 Å². The van der Waals surface area contributed by atoms with Crippen LogP contribution in [-0.4, -0.2) is 47.2 Å². The van der Waals surface area contributed by atoms with E-state index in [-0.39, 0.29) is 29.0 Å². The summed E-state index contributed by atoms with van der Waals surface area (Å²) in [6.07, 6.45) is 11.9. The molecule has 0 saturated carbocycles. The molecule has 0 amide bonds. The molecule has 0 bridgehead atoms. The van der Waals surface area contributed by atoms with Gasteiger partial charge in [0.2, 0.25) is 0 Å². The van der Waals surface area contributed by atoms with E-state index in [9.17, 15) is 9.11 Å². The van der Waals surface area contributed by atoms with Gasteiger partial charge in [-0.3, -0.25) is 0 Å². The van der Waals surface area contributed by atoms with Crippen LogP contribution in [0, 0.1) is 0 Å². The molecule has 0 saturated heterocycles. The van der Waals surface area contributed by atoms with E-state index in [2.05, 4.69) is 61.0 Å². The molecule has 0 fully saturated rings. The molecule has 2 heterocycles. The number of ether oxygens (including phenoxy) is 2. The predicted molar refractivity (Wildman–Crippen MR) is 163 cm³/mol. The highest BCUT2D eigenvalue weighted by molar-refractivity contribution is 7.91. The van der Waals surface area contributed by atoms with E-state index in [1.807, 2.05) is 39.0 Å². The smallest absolute Gasteiger partial charge is 0.146 e. The van der Waals surface area contributed by atoms with Crippen LogP contribution in [0.1, 0.15) is 99.0 Å². The van der Waals surface area contributed by atoms with Gasteiger partial charge >= 0.3 is 0 Å². The van der Waals surface area contributed by atoms with Crippen LogP contribution in [0.2, 0.25) is 0 Å². The van der Waals surface area contributed by atoms with Crippen LogP contribution >= 0.6 is 0 Å². The summed E-state index contributed by atoms with van der Waals surface area (Å²) in [6.45, 7) is 15.0. The number of nitrogens with one attached hydrogen (secondary N) is 1. The number of allylic oxidation sites excluding steroid dienone is 3. The van der Waals surface area contributed by atoms with Gasteiger partial charge < -0.3 is 18.6 Å². The van der Waals surface area contributed by atoms with Crippen molar-refractivity contribution >= 4 is 22.7 Å². The van der Waals surface area contributed by atoms with E-state index in [1.165, 1.54) is 0 Å². The minimum atomic E-state index is -1.30. The maximum absolute atomic E-state index is 14.4. The van der Waals surface area contributed by atoms with Gasteiger partial charge in [0.05, 0.1) is 37.1 Å². The molecule has 0 spiro atoms. The van der Waals surface area contributed by atoms with Crippen molar-refractivity contribution in [3.8, 4) is 0 Å². The van der Waals surface area contributed by atoms with Crippen LogP contribution < -0.4 is 4.72 Å². The Balaban J connectivity index is 1.76. The van der Waals surface area contributed by atoms with Crippen molar-refractivity contribution in [2.45, 2.75) is 134 Å². The Morgan fingerprint density at radius 1 is 1.00 bits per heavy atom. The maximum atomic E-state index is 14.4.